The molecule has 1 aromatic heterocycles. The minimum Gasteiger partial charge on any atom is -0.462 e. The van der Waals surface area contributed by atoms with Gasteiger partial charge in [-0.15, -0.1) is 0 Å². The Morgan fingerprint density at radius 3 is 2.93 bits per heavy atom. The molecule has 0 unspecified atom stereocenters. The van der Waals surface area contributed by atoms with Gasteiger partial charge in [-0.05, 0) is 38.0 Å². The number of amides is 1. The fourth-order valence-electron chi connectivity index (χ4n) is 1.18. The van der Waals surface area contributed by atoms with Crippen molar-refractivity contribution in [3.05, 3.63) is 29.7 Å². The quantitative estimate of drug-likeness (QED) is 0.741. The summed E-state index contributed by atoms with van der Waals surface area (Å²) < 4.78 is 5.29. The lowest BCUT2D eigenvalue weighted by Gasteiger charge is -1.95. The van der Waals surface area contributed by atoms with Crippen molar-refractivity contribution >= 4 is 12.0 Å². The first-order valence-electron chi connectivity index (χ1n) is 4.79. The summed E-state index contributed by atoms with van der Waals surface area (Å²) in [7, 11) is 0. The molecule has 1 aliphatic carbocycles. The van der Waals surface area contributed by atoms with Gasteiger partial charge in [0.2, 0.25) is 5.91 Å². The summed E-state index contributed by atoms with van der Waals surface area (Å²) in [6.45, 7) is 1.88. The molecule has 0 saturated heterocycles. The molecule has 3 nitrogen and oxygen atoms in total. The monoisotopic (exact) mass is 191 g/mol. The van der Waals surface area contributed by atoms with Crippen molar-refractivity contribution in [2.24, 2.45) is 0 Å². The first-order chi connectivity index (χ1) is 6.74. The van der Waals surface area contributed by atoms with Gasteiger partial charge in [0.1, 0.15) is 11.5 Å². The molecule has 14 heavy (non-hydrogen) atoms. The average Bonchev–Trinajstić information content (AvgIpc) is 2.85. The van der Waals surface area contributed by atoms with Crippen LogP contribution < -0.4 is 5.32 Å². The standard InChI is InChI=1S/C11H13NO2/c1-8-2-5-10(14-8)6-7-11(13)12-9-3-4-9/h2,5-7,9H,3-4H2,1H3,(H,12,13)/b7-6+. The molecule has 0 bridgehead atoms. The molecule has 74 valence electrons. The summed E-state index contributed by atoms with van der Waals surface area (Å²) in [6, 6.07) is 4.12. The Morgan fingerprint density at radius 2 is 2.36 bits per heavy atom. The molecule has 0 spiro atoms. The topological polar surface area (TPSA) is 42.2 Å². The van der Waals surface area contributed by atoms with Gasteiger partial charge < -0.3 is 9.73 Å². The maximum absolute atomic E-state index is 11.2. The van der Waals surface area contributed by atoms with Crippen molar-refractivity contribution in [3.63, 3.8) is 0 Å². The molecule has 1 aromatic rings. The van der Waals surface area contributed by atoms with Crippen molar-refractivity contribution in [1.29, 1.82) is 0 Å². The summed E-state index contributed by atoms with van der Waals surface area (Å²) in [6.07, 6.45) is 5.42. The molecule has 1 fully saturated rings. The molecule has 1 aliphatic rings. The highest BCUT2D eigenvalue weighted by Crippen LogP contribution is 2.18. The van der Waals surface area contributed by atoms with Crippen molar-refractivity contribution in [2.75, 3.05) is 0 Å². The van der Waals surface area contributed by atoms with Crippen LogP contribution in [0.1, 0.15) is 24.4 Å². The summed E-state index contributed by atoms with van der Waals surface area (Å²) in [4.78, 5) is 11.2. The zero-order chi connectivity index (χ0) is 9.97. The van der Waals surface area contributed by atoms with E-state index in [0.29, 0.717) is 11.8 Å². The third kappa shape index (κ3) is 2.49. The van der Waals surface area contributed by atoms with Crippen LogP contribution in [0.4, 0.5) is 0 Å². The number of rotatable bonds is 3. The second-order valence-corrected chi connectivity index (χ2v) is 3.56. The number of carbonyl (C=O) groups excluding carboxylic acids is 1. The third-order valence-electron chi connectivity index (χ3n) is 2.08. The summed E-state index contributed by atoms with van der Waals surface area (Å²) in [5.74, 6) is 1.53. The predicted octanol–water partition coefficient (Wildman–Crippen LogP) is 1.88. The minimum absolute atomic E-state index is 0.0402. The fraction of sp³-hybridized carbons (Fsp3) is 0.364. The van der Waals surface area contributed by atoms with Crippen LogP contribution in [0.5, 0.6) is 0 Å². The highest BCUT2D eigenvalue weighted by Gasteiger charge is 2.21. The molecule has 2 rings (SSSR count). The zero-order valence-electron chi connectivity index (χ0n) is 8.12. The Hall–Kier alpha value is -1.51. The number of carbonyl (C=O) groups is 1. The van der Waals surface area contributed by atoms with Crippen LogP contribution in [0.15, 0.2) is 22.6 Å². The van der Waals surface area contributed by atoms with E-state index in [2.05, 4.69) is 5.32 Å². The molecule has 0 aliphatic heterocycles. The van der Waals surface area contributed by atoms with Crippen molar-refractivity contribution in [2.45, 2.75) is 25.8 Å². The van der Waals surface area contributed by atoms with E-state index < -0.39 is 0 Å². The summed E-state index contributed by atoms with van der Waals surface area (Å²) in [5.41, 5.74) is 0. The minimum atomic E-state index is -0.0402. The second kappa shape index (κ2) is 3.70. The molecule has 0 aromatic carbocycles. The number of hydrogen-bond donors (Lipinski definition) is 1. The molecule has 0 atom stereocenters. The first kappa shape index (κ1) is 9.06. The van der Waals surface area contributed by atoms with Gasteiger partial charge in [-0.1, -0.05) is 0 Å². The molecule has 1 N–H and O–H groups in total. The maximum atomic E-state index is 11.2. The van der Waals surface area contributed by atoms with Crippen LogP contribution in [0.3, 0.4) is 0 Å². The number of nitrogens with one attached hydrogen (secondary N) is 1. The lowest BCUT2D eigenvalue weighted by Crippen LogP contribution is -2.22. The summed E-state index contributed by atoms with van der Waals surface area (Å²) >= 11 is 0. The van der Waals surface area contributed by atoms with Gasteiger partial charge in [0.25, 0.3) is 0 Å². The first-order valence-corrected chi connectivity index (χ1v) is 4.79. The van der Waals surface area contributed by atoms with Crippen LogP contribution in [-0.2, 0) is 4.79 Å². The molecular weight excluding hydrogens is 178 g/mol. The highest BCUT2D eigenvalue weighted by atomic mass is 16.3. The van der Waals surface area contributed by atoms with Gasteiger partial charge in [0.05, 0.1) is 0 Å². The van der Waals surface area contributed by atoms with E-state index in [-0.39, 0.29) is 5.91 Å². The van der Waals surface area contributed by atoms with Gasteiger partial charge in [0, 0.05) is 12.1 Å². The normalized spacial score (nSPS) is 16.1. The van der Waals surface area contributed by atoms with E-state index in [1.54, 1.807) is 6.08 Å². The van der Waals surface area contributed by atoms with Crippen LogP contribution in [0, 0.1) is 6.92 Å². The highest BCUT2D eigenvalue weighted by molar-refractivity contribution is 5.91. The predicted molar refractivity (Wildman–Crippen MR) is 53.6 cm³/mol. The van der Waals surface area contributed by atoms with Gasteiger partial charge in [-0.2, -0.15) is 0 Å². The van der Waals surface area contributed by atoms with Crippen LogP contribution in [0.2, 0.25) is 0 Å². The summed E-state index contributed by atoms with van der Waals surface area (Å²) in [5, 5.41) is 2.86. The smallest absolute Gasteiger partial charge is 0.244 e. The Kier molecular flexibility index (Phi) is 2.39. The van der Waals surface area contributed by atoms with Gasteiger partial charge in [-0.25, -0.2) is 0 Å². The molecule has 0 radical (unpaired) electrons. The Balaban J connectivity index is 1.88. The van der Waals surface area contributed by atoms with E-state index in [0.717, 1.165) is 18.6 Å². The van der Waals surface area contributed by atoms with Gasteiger partial charge >= 0.3 is 0 Å². The Bertz CT molecular complexity index is 361. The molecule has 1 saturated carbocycles. The lowest BCUT2D eigenvalue weighted by molar-refractivity contribution is -0.116. The Labute approximate surface area is 82.8 Å². The fourth-order valence-corrected chi connectivity index (χ4v) is 1.18. The van der Waals surface area contributed by atoms with Crippen LogP contribution in [-0.4, -0.2) is 11.9 Å². The molecule has 1 heterocycles. The van der Waals surface area contributed by atoms with Gasteiger partial charge in [-0.3, -0.25) is 4.79 Å². The Morgan fingerprint density at radius 1 is 1.57 bits per heavy atom. The van der Waals surface area contributed by atoms with E-state index >= 15 is 0 Å². The zero-order valence-corrected chi connectivity index (χ0v) is 8.12. The van der Waals surface area contributed by atoms with Gasteiger partial charge in [0.15, 0.2) is 0 Å². The number of furan rings is 1. The molecular formula is C11H13NO2. The van der Waals surface area contributed by atoms with E-state index in [4.69, 9.17) is 4.42 Å². The third-order valence-corrected chi connectivity index (χ3v) is 2.08. The number of aryl methyl sites for hydroxylation is 1. The van der Waals surface area contributed by atoms with Crippen LogP contribution >= 0.6 is 0 Å². The van der Waals surface area contributed by atoms with Crippen molar-refractivity contribution in [3.8, 4) is 0 Å². The second-order valence-electron chi connectivity index (χ2n) is 3.56. The van der Waals surface area contributed by atoms with Crippen molar-refractivity contribution in [1.82, 2.24) is 5.32 Å². The number of hydrogen-bond acceptors (Lipinski definition) is 2. The largest absolute Gasteiger partial charge is 0.462 e. The van der Waals surface area contributed by atoms with Crippen LogP contribution in [0.25, 0.3) is 6.08 Å². The molecule has 3 heteroatoms. The lowest BCUT2D eigenvalue weighted by atomic mass is 10.4. The molecule has 1 amide bonds. The van der Waals surface area contributed by atoms with E-state index in [9.17, 15) is 4.79 Å². The van der Waals surface area contributed by atoms with Crippen molar-refractivity contribution < 1.29 is 9.21 Å². The SMILES string of the molecule is Cc1ccc(/C=C/C(=O)NC2CC2)o1. The average molecular weight is 191 g/mol. The van der Waals surface area contributed by atoms with E-state index in [1.807, 2.05) is 19.1 Å². The van der Waals surface area contributed by atoms with E-state index in [1.165, 1.54) is 6.08 Å². The maximum Gasteiger partial charge on any atom is 0.244 e.